The molecule has 0 spiro atoms. The van der Waals surface area contributed by atoms with Gasteiger partial charge in [-0.05, 0) is 18.9 Å². The van der Waals surface area contributed by atoms with E-state index >= 15 is 0 Å². The average molecular weight is 328 g/mol. The monoisotopic (exact) mass is 327 g/mol. The molecular formula is C16H22ClNO2S. The molecule has 0 aliphatic heterocycles. The lowest BCUT2D eigenvalue weighted by atomic mass is 10.1. The van der Waals surface area contributed by atoms with E-state index < -0.39 is 0 Å². The van der Waals surface area contributed by atoms with Crippen molar-refractivity contribution < 1.29 is 9.53 Å². The van der Waals surface area contributed by atoms with Gasteiger partial charge in [0, 0.05) is 29.5 Å². The summed E-state index contributed by atoms with van der Waals surface area (Å²) in [4.78, 5) is 11.9. The summed E-state index contributed by atoms with van der Waals surface area (Å²) in [7, 11) is 1.63. The third-order valence-electron chi connectivity index (χ3n) is 3.77. The van der Waals surface area contributed by atoms with Gasteiger partial charge in [-0.25, -0.2) is 0 Å². The fourth-order valence-electron chi connectivity index (χ4n) is 2.56. The number of nitrogens with one attached hydrogen (secondary N) is 1. The van der Waals surface area contributed by atoms with Crippen LogP contribution in [0.4, 0.5) is 0 Å². The highest BCUT2D eigenvalue weighted by Gasteiger charge is 2.18. The third-order valence-corrected chi connectivity index (χ3v) is 5.49. The molecule has 1 aromatic carbocycles. The van der Waals surface area contributed by atoms with Crippen molar-refractivity contribution in [2.75, 3.05) is 19.4 Å². The second-order valence-corrected chi connectivity index (χ2v) is 6.96. The van der Waals surface area contributed by atoms with Crippen LogP contribution in [-0.4, -0.2) is 30.6 Å². The van der Waals surface area contributed by atoms with Gasteiger partial charge >= 0.3 is 0 Å². The Kier molecular flexibility index (Phi) is 6.87. The van der Waals surface area contributed by atoms with Crippen molar-refractivity contribution >= 4 is 29.3 Å². The smallest absolute Gasteiger partial charge is 0.230 e. The molecule has 1 saturated carbocycles. The first-order valence-electron chi connectivity index (χ1n) is 7.36. The number of halogens is 1. The molecule has 21 heavy (non-hydrogen) atoms. The van der Waals surface area contributed by atoms with E-state index in [1.54, 1.807) is 18.9 Å². The number of rotatable bonds is 7. The van der Waals surface area contributed by atoms with E-state index in [1.807, 2.05) is 24.3 Å². The Morgan fingerprint density at radius 1 is 1.43 bits per heavy atom. The second kappa shape index (κ2) is 8.66. The summed E-state index contributed by atoms with van der Waals surface area (Å²) in [6.45, 7) is 0.449. The Morgan fingerprint density at radius 3 is 2.81 bits per heavy atom. The Bertz CT molecular complexity index is 463. The molecule has 0 unspecified atom stereocenters. The van der Waals surface area contributed by atoms with Crippen LogP contribution >= 0.6 is 23.4 Å². The van der Waals surface area contributed by atoms with E-state index in [1.165, 1.54) is 25.7 Å². The largest absolute Gasteiger partial charge is 0.375 e. The van der Waals surface area contributed by atoms with Crippen LogP contribution in [0, 0.1) is 0 Å². The zero-order chi connectivity index (χ0) is 15.1. The number of methoxy groups -OCH3 is 1. The van der Waals surface area contributed by atoms with Gasteiger partial charge in [-0.15, -0.1) is 11.8 Å². The highest BCUT2D eigenvalue weighted by molar-refractivity contribution is 8.00. The molecule has 0 heterocycles. The number of carbonyl (C=O) groups is 1. The van der Waals surface area contributed by atoms with Crippen LogP contribution in [0.2, 0.25) is 5.02 Å². The maximum atomic E-state index is 11.9. The van der Waals surface area contributed by atoms with E-state index in [4.69, 9.17) is 16.3 Å². The van der Waals surface area contributed by atoms with Gasteiger partial charge in [0.25, 0.3) is 0 Å². The summed E-state index contributed by atoms with van der Waals surface area (Å²) in [6, 6.07) is 7.57. The van der Waals surface area contributed by atoms with Gasteiger partial charge < -0.3 is 10.1 Å². The number of hydrogen-bond acceptors (Lipinski definition) is 3. The molecule has 1 N–H and O–H groups in total. The second-order valence-electron chi connectivity index (χ2n) is 5.27. The lowest BCUT2D eigenvalue weighted by molar-refractivity contribution is -0.119. The molecule has 0 aromatic heterocycles. The lowest BCUT2D eigenvalue weighted by Crippen LogP contribution is -2.31. The Hall–Kier alpha value is -0.710. The van der Waals surface area contributed by atoms with Crippen LogP contribution in [0.1, 0.15) is 37.4 Å². The van der Waals surface area contributed by atoms with E-state index in [2.05, 4.69) is 5.32 Å². The van der Waals surface area contributed by atoms with Gasteiger partial charge in [0.2, 0.25) is 5.91 Å². The van der Waals surface area contributed by atoms with Crippen LogP contribution in [-0.2, 0) is 9.53 Å². The van der Waals surface area contributed by atoms with Gasteiger partial charge in [-0.3, -0.25) is 4.79 Å². The minimum atomic E-state index is -0.209. The molecule has 1 aliphatic carbocycles. The molecule has 0 saturated heterocycles. The van der Waals surface area contributed by atoms with Crippen molar-refractivity contribution in [3.63, 3.8) is 0 Å². The molecule has 5 heteroatoms. The molecule has 1 atom stereocenters. The van der Waals surface area contributed by atoms with E-state index in [0.717, 1.165) is 5.56 Å². The van der Waals surface area contributed by atoms with Crippen molar-refractivity contribution in [2.45, 2.75) is 37.0 Å². The molecule has 2 rings (SSSR count). The molecule has 1 amide bonds. The highest BCUT2D eigenvalue weighted by Crippen LogP contribution is 2.29. The van der Waals surface area contributed by atoms with Crippen molar-refractivity contribution in [1.29, 1.82) is 0 Å². The first-order chi connectivity index (χ1) is 10.2. The molecular weight excluding hydrogens is 306 g/mol. The minimum absolute atomic E-state index is 0.0704. The number of carbonyl (C=O) groups excluding carboxylic acids is 1. The quantitative estimate of drug-likeness (QED) is 0.827. The van der Waals surface area contributed by atoms with Gasteiger partial charge in [-0.1, -0.05) is 42.6 Å². The van der Waals surface area contributed by atoms with Crippen LogP contribution in [0.5, 0.6) is 0 Å². The van der Waals surface area contributed by atoms with E-state index in [9.17, 15) is 4.79 Å². The van der Waals surface area contributed by atoms with Gasteiger partial charge in [-0.2, -0.15) is 0 Å². The molecule has 3 nitrogen and oxygen atoms in total. The van der Waals surface area contributed by atoms with Gasteiger partial charge in [0.1, 0.15) is 6.10 Å². The summed E-state index contributed by atoms with van der Waals surface area (Å²) in [6.07, 6.45) is 4.89. The molecule has 1 aliphatic rings. The number of benzene rings is 1. The van der Waals surface area contributed by atoms with E-state index in [-0.39, 0.29) is 12.0 Å². The van der Waals surface area contributed by atoms with Gasteiger partial charge in [0.15, 0.2) is 0 Å². The summed E-state index contributed by atoms with van der Waals surface area (Å²) < 4.78 is 5.44. The fourth-order valence-corrected chi connectivity index (χ4v) is 3.98. The summed E-state index contributed by atoms with van der Waals surface area (Å²) in [5.41, 5.74) is 0.908. The summed E-state index contributed by atoms with van der Waals surface area (Å²) in [5.74, 6) is 0.602. The van der Waals surface area contributed by atoms with E-state index in [0.29, 0.717) is 22.6 Å². The highest BCUT2D eigenvalue weighted by atomic mass is 35.5. The van der Waals surface area contributed by atoms with Crippen LogP contribution in [0.3, 0.4) is 0 Å². The summed E-state index contributed by atoms with van der Waals surface area (Å²) >= 11 is 7.93. The predicted octanol–water partition coefficient (Wildman–Crippen LogP) is 3.82. The number of thioether (sulfide) groups is 1. The standard InChI is InChI=1S/C16H22ClNO2S/c1-20-15(13-8-4-5-9-14(13)17)10-18-16(19)11-21-12-6-2-3-7-12/h4-5,8-9,12,15H,2-3,6-7,10-11H2,1H3,(H,18,19)/t15-/m0/s1. The van der Waals surface area contributed by atoms with Crippen molar-refractivity contribution in [1.82, 2.24) is 5.32 Å². The van der Waals surface area contributed by atoms with Crippen molar-refractivity contribution in [3.8, 4) is 0 Å². The topological polar surface area (TPSA) is 38.3 Å². The average Bonchev–Trinajstić information content (AvgIpc) is 3.01. The molecule has 1 aromatic rings. The Labute approximate surface area is 135 Å². The summed E-state index contributed by atoms with van der Waals surface area (Å²) in [5, 5.41) is 4.27. The fraction of sp³-hybridized carbons (Fsp3) is 0.562. The third kappa shape index (κ3) is 5.20. The first kappa shape index (κ1) is 16.7. The maximum absolute atomic E-state index is 11.9. The molecule has 0 radical (unpaired) electrons. The van der Waals surface area contributed by atoms with Crippen molar-refractivity contribution in [3.05, 3.63) is 34.9 Å². The lowest BCUT2D eigenvalue weighted by Gasteiger charge is -2.18. The Morgan fingerprint density at radius 2 is 2.14 bits per heavy atom. The molecule has 116 valence electrons. The van der Waals surface area contributed by atoms with Gasteiger partial charge in [0.05, 0.1) is 5.75 Å². The zero-order valence-electron chi connectivity index (χ0n) is 12.3. The zero-order valence-corrected chi connectivity index (χ0v) is 13.9. The molecule has 1 fully saturated rings. The number of hydrogen-bond donors (Lipinski definition) is 1. The maximum Gasteiger partial charge on any atom is 0.230 e. The number of ether oxygens (including phenoxy) is 1. The van der Waals surface area contributed by atoms with Crippen LogP contribution in [0.15, 0.2) is 24.3 Å². The molecule has 0 bridgehead atoms. The van der Waals surface area contributed by atoms with Crippen molar-refractivity contribution in [2.24, 2.45) is 0 Å². The number of amides is 1. The minimum Gasteiger partial charge on any atom is -0.375 e. The normalized spacial score (nSPS) is 16.9. The SMILES string of the molecule is CO[C@@H](CNC(=O)CSC1CCCC1)c1ccccc1Cl. The predicted molar refractivity (Wildman–Crippen MR) is 88.9 cm³/mol. The first-order valence-corrected chi connectivity index (χ1v) is 8.79. The van der Waals surface area contributed by atoms with Crippen LogP contribution < -0.4 is 5.32 Å². The Balaban J connectivity index is 1.77. The van der Waals surface area contributed by atoms with Crippen LogP contribution in [0.25, 0.3) is 0 Å².